The van der Waals surface area contributed by atoms with Crippen LogP contribution in [0.3, 0.4) is 0 Å². The van der Waals surface area contributed by atoms with Crippen molar-refractivity contribution < 1.29 is 0 Å². The molecular formula is C21H23N9. The summed E-state index contributed by atoms with van der Waals surface area (Å²) < 4.78 is 1.82. The summed E-state index contributed by atoms with van der Waals surface area (Å²) in [6.07, 6.45) is 3.59. The maximum Gasteiger partial charge on any atom is 0.176 e. The second-order valence-electron chi connectivity index (χ2n) is 7.55. The fraction of sp³-hybridized carbons (Fsp3) is 0.333. The van der Waals surface area contributed by atoms with Crippen LogP contribution in [0.1, 0.15) is 17.2 Å². The predicted octanol–water partition coefficient (Wildman–Crippen LogP) is 2.25. The zero-order valence-corrected chi connectivity index (χ0v) is 17.3. The van der Waals surface area contributed by atoms with Gasteiger partial charge in [-0.25, -0.2) is 14.6 Å². The van der Waals surface area contributed by atoms with Gasteiger partial charge in [-0.15, -0.1) is 10.2 Å². The number of hydrogen-bond donors (Lipinski definition) is 0. The molecule has 0 unspecified atom stereocenters. The van der Waals surface area contributed by atoms with Crippen molar-refractivity contribution in [2.75, 3.05) is 36.0 Å². The second kappa shape index (κ2) is 7.33. The van der Waals surface area contributed by atoms with E-state index in [1.54, 1.807) is 12.4 Å². The highest BCUT2D eigenvalue weighted by Gasteiger charge is 2.22. The van der Waals surface area contributed by atoms with Gasteiger partial charge in [0, 0.05) is 43.5 Å². The minimum absolute atomic E-state index is 0.736. The third-order valence-electron chi connectivity index (χ3n) is 5.36. The summed E-state index contributed by atoms with van der Waals surface area (Å²) in [6, 6.07) is 8.01. The Morgan fingerprint density at radius 2 is 1.57 bits per heavy atom. The number of fused-ring (bicyclic) bond motifs is 1. The summed E-state index contributed by atoms with van der Waals surface area (Å²) >= 11 is 0. The number of pyridine rings is 1. The van der Waals surface area contributed by atoms with E-state index in [2.05, 4.69) is 35.1 Å². The molecular weight excluding hydrogens is 378 g/mol. The number of rotatable bonds is 3. The van der Waals surface area contributed by atoms with Crippen LogP contribution in [-0.4, -0.2) is 61.1 Å². The monoisotopic (exact) mass is 401 g/mol. The SMILES string of the molecule is Cc1cc(C)n(-c2ccc(N3CCN(c4nc(C)nc5cnccc45)CC3)nn2)n1. The van der Waals surface area contributed by atoms with Gasteiger partial charge in [0.05, 0.1) is 17.4 Å². The lowest BCUT2D eigenvalue weighted by Gasteiger charge is -2.36. The maximum atomic E-state index is 4.71. The molecule has 1 saturated heterocycles. The van der Waals surface area contributed by atoms with Crippen LogP contribution in [0, 0.1) is 20.8 Å². The third kappa shape index (κ3) is 3.32. The van der Waals surface area contributed by atoms with E-state index in [-0.39, 0.29) is 0 Å². The molecule has 1 aliphatic rings. The molecule has 0 saturated carbocycles. The molecule has 5 rings (SSSR count). The first-order valence-electron chi connectivity index (χ1n) is 10.0. The molecule has 5 heterocycles. The average Bonchev–Trinajstić information content (AvgIpc) is 3.11. The van der Waals surface area contributed by atoms with Gasteiger partial charge in [-0.2, -0.15) is 5.10 Å². The number of piperazine rings is 1. The summed E-state index contributed by atoms with van der Waals surface area (Å²) in [5, 5.41) is 14.4. The van der Waals surface area contributed by atoms with Gasteiger partial charge in [0.2, 0.25) is 0 Å². The van der Waals surface area contributed by atoms with Gasteiger partial charge in [0.25, 0.3) is 0 Å². The number of aryl methyl sites for hydroxylation is 3. The van der Waals surface area contributed by atoms with Gasteiger partial charge in [-0.05, 0) is 45.0 Å². The van der Waals surface area contributed by atoms with Crippen molar-refractivity contribution >= 4 is 22.5 Å². The first-order chi connectivity index (χ1) is 14.6. The van der Waals surface area contributed by atoms with Crippen molar-refractivity contribution in [3.05, 3.63) is 53.9 Å². The van der Waals surface area contributed by atoms with Gasteiger partial charge >= 0.3 is 0 Å². The van der Waals surface area contributed by atoms with Crippen molar-refractivity contribution in [2.45, 2.75) is 20.8 Å². The Kier molecular flexibility index (Phi) is 4.50. The normalized spacial score (nSPS) is 14.5. The van der Waals surface area contributed by atoms with Gasteiger partial charge in [-0.1, -0.05) is 0 Å². The molecule has 152 valence electrons. The van der Waals surface area contributed by atoms with Crippen molar-refractivity contribution in [2.24, 2.45) is 0 Å². The van der Waals surface area contributed by atoms with Crippen LogP contribution in [0.5, 0.6) is 0 Å². The Bertz CT molecular complexity index is 1190. The topological polar surface area (TPSA) is 88.8 Å². The lowest BCUT2D eigenvalue weighted by molar-refractivity contribution is 0.637. The quantitative estimate of drug-likeness (QED) is 0.516. The molecule has 0 aliphatic carbocycles. The van der Waals surface area contributed by atoms with Gasteiger partial charge < -0.3 is 9.80 Å². The molecule has 4 aromatic rings. The Morgan fingerprint density at radius 1 is 0.833 bits per heavy atom. The van der Waals surface area contributed by atoms with Crippen LogP contribution in [0.2, 0.25) is 0 Å². The number of anilines is 2. The van der Waals surface area contributed by atoms with E-state index in [4.69, 9.17) is 4.98 Å². The standard InChI is InChI=1S/C21H23N9/c1-14-12-15(2)30(27-14)20-5-4-19(25-26-20)28-8-10-29(11-9-28)21-17-6-7-22-13-18(17)23-16(3)24-21/h4-7,12-13H,8-11H2,1-3H3. The van der Waals surface area contributed by atoms with Gasteiger partial charge in [0.15, 0.2) is 11.6 Å². The fourth-order valence-electron chi connectivity index (χ4n) is 3.93. The Hall–Kier alpha value is -3.62. The van der Waals surface area contributed by atoms with Crippen LogP contribution < -0.4 is 9.80 Å². The van der Waals surface area contributed by atoms with Crippen molar-refractivity contribution in [1.29, 1.82) is 0 Å². The molecule has 9 heteroatoms. The zero-order valence-electron chi connectivity index (χ0n) is 17.3. The Labute approximate surface area is 174 Å². The molecule has 0 N–H and O–H groups in total. The Morgan fingerprint density at radius 3 is 2.27 bits per heavy atom. The van der Waals surface area contributed by atoms with E-state index in [1.807, 2.05) is 49.7 Å². The average molecular weight is 401 g/mol. The first kappa shape index (κ1) is 18.4. The first-order valence-corrected chi connectivity index (χ1v) is 10.0. The number of hydrogen-bond acceptors (Lipinski definition) is 8. The van der Waals surface area contributed by atoms with Crippen LogP contribution in [0.4, 0.5) is 11.6 Å². The molecule has 0 radical (unpaired) electrons. The molecule has 1 fully saturated rings. The minimum Gasteiger partial charge on any atom is -0.352 e. The zero-order chi connectivity index (χ0) is 20.7. The lowest BCUT2D eigenvalue weighted by Crippen LogP contribution is -2.47. The molecule has 0 spiro atoms. The smallest absolute Gasteiger partial charge is 0.176 e. The highest BCUT2D eigenvalue weighted by molar-refractivity contribution is 5.88. The summed E-state index contributed by atoms with van der Waals surface area (Å²) in [7, 11) is 0. The van der Waals surface area contributed by atoms with E-state index >= 15 is 0 Å². The summed E-state index contributed by atoms with van der Waals surface area (Å²) in [5.41, 5.74) is 2.90. The predicted molar refractivity (Wildman–Crippen MR) is 115 cm³/mol. The van der Waals surface area contributed by atoms with E-state index in [9.17, 15) is 0 Å². The number of nitrogens with zero attached hydrogens (tertiary/aromatic N) is 9. The van der Waals surface area contributed by atoms with E-state index in [1.165, 1.54) is 0 Å². The largest absolute Gasteiger partial charge is 0.352 e. The molecule has 9 nitrogen and oxygen atoms in total. The van der Waals surface area contributed by atoms with Gasteiger partial charge in [-0.3, -0.25) is 4.98 Å². The Balaban J connectivity index is 1.32. The second-order valence-corrected chi connectivity index (χ2v) is 7.55. The molecule has 30 heavy (non-hydrogen) atoms. The van der Waals surface area contributed by atoms with Crippen molar-refractivity contribution in [1.82, 2.24) is 34.9 Å². The highest BCUT2D eigenvalue weighted by Crippen LogP contribution is 2.25. The lowest BCUT2D eigenvalue weighted by atomic mass is 10.2. The maximum absolute atomic E-state index is 4.71. The molecule has 1 aliphatic heterocycles. The van der Waals surface area contributed by atoms with Crippen LogP contribution in [0.15, 0.2) is 36.7 Å². The van der Waals surface area contributed by atoms with E-state index in [0.29, 0.717) is 0 Å². The summed E-state index contributed by atoms with van der Waals surface area (Å²) in [4.78, 5) is 18.0. The molecule has 0 aromatic carbocycles. The summed E-state index contributed by atoms with van der Waals surface area (Å²) in [5.74, 6) is 3.36. The summed E-state index contributed by atoms with van der Waals surface area (Å²) in [6.45, 7) is 9.33. The number of aromatic nitrogens is 7. The molecule has 0 atom stereocenters. The highest BCUT2D eigenvalue weighted by atomic mass is 15.4. The van der Waals surface area contributed by atoms with Crippen LogP contribution >= 0.6 is 0 Å². The van der Waals surface area contributed by atoms with Crippen molar-refractivity contribution in [3.63, 3.8) is 0 Å². The van der Waals surface area contributed by atoms with E-state index < -0.39 is 0 Å². The van der Waals surface area contributed by atoms with Crippen LogP contribution in [0.25, 0.3) is 16.7 Å². The fourth-order valence-corrected chi connectivity index (χ4v) is 3.93. The molecule has 4 aromatic heterocycles. The van der Waals surface area contributed by atoms with E-state index in [0.717, 1.165) is 71.7 Å². The molecule has 0 bridgehead atoms. The van der Waals surface area contributed by atoms with Crippen LogP contribution in [-0.2, 0) is 0 Å². The third-order valence-corrected chi connectivity index (χ3v) is 5.36. The van der Waals surface area contributed by atoms with Crippen molar-refractivity contribution in [3.8, 4) is 5.82 Å². The molecule has 0 amide bonds. The van der Waals surface area contributed by atoms with Gasteiger partial charge in [0.1, 0.15) is 11.6 Å². The minimum atomic E-state index is 0.736.